The van der Waals surface area contributed by atoms with Crippen LogP contribution < -0.4 is 22.1 Å². The number of nitrogens with one attached hydrogen (secondary N) is 2. The zero-order valence-corrected chi connectivity index (χ0v) is 16.9. The first kappa shape index (κ1) is 22.8. The van der Waals surface area contributed by atoms with Crippen LogP contribution in [0.1, 0.15) is 38.3 Å². The minimum absolute atomic E-state index is 0.129. The second-order valence-corrected chi connectivity index (χ2v) is 7.24. The Hall–Kier alpha value is -3.29. The number of benzene rings is 1. The van der Waals surface area contributed by atoms with E-state index in [-0.39, 0.29) is 5.57 Å². The molecule has 0 aliphatic heterocycles. The standard InChI is InChI=1S/C20H28N4O4/c1-12-8-15(23-18(26)10-17(25)14(11-22)6-7-21)16(9-13(12)2)24-19(27)28-20(3,4)5/h6-9,11H,10,21-22H2,1-5H3,(H,23,26)(H,24,27)/b7-6-,14-11+. The molecule has 0 unspecified atom stereocenters. The van der Waals surface area contributed by atoms with Gasteiger partial charge in [0.1, 0.15) is 5.60 Å². The van der Waals surface area contributed by atoms with Gasteiger partial charge in [-0.15, -0.1) is 0 Å². The number of ether oxygens (including phenoxy) is 1. The van der Waals surface area contributed by atoms with Gasteiger partial charge >= 0.3 is 6.09 Å². The molecule has 0 radical (unpaired) electrons. The largest absolute Gasteiger partial charge is 0.444 e. The average Bonchev–Trinajstić information content (AvgIpc) is 2.55. The maximum atomic E-state index is 12.3. The Morgan fingerprint density at radius 3 is 2.04 bits per heavy atom. The first-order valence-electron chi connectivity index (χ1n) is 8.71. The lowest BCUT2D eigenvalue weighted by Crippen LogP contribution is -2.28. The first-order valence-corrected chi connectivity index (χ1v) is 8.71. The molecule has 0 aliphatic rings. The van der Waals surface area contributed by atoms with Crippen LogP contribution in [-0.4, -0.2) is 23.4 Å². The van der Waals surface area contributed by atoms with E-state index in [2.05, 4.69) is 10.6 Å². The van der Waals surface area contributed by atoms with Crippen LogP contribution in [0.15, 0.2) is 36.2 Å². The Kier molecular flexibility index (Phi) is 7.79. The lowest BCUT2D eigenvalue weighted by molar-refractivity contribution is -0.123. The minimum atomic E-state index is -0.666. The number of allylic oxidation sites excluding steroid dienone is 2. The number of nitrogens with two attached hydrogens (primary N) is 2. The first-order chi connectivity index (χ1) is 13.0. The van der Waals surface area contributed by atoms with Crippen molar-refractivity contribution < 1.29 is 19.1 Å². The third-order valence-electron chi connectivity index (χ3n) is 3.64. The van der Waals surface area contributed by atoms with E-state index in [0.29, 0.717) is 11.4 Å². The maximum Gasteiger partial charge on any atom is 0.412 e. The number of anilines is 2. The zero-order valence-electron chi connectivity index (χ0n) is 16.9. The maximum absolute atomic E-state index is 12.3. The van der Waals surface area contributed by atoms with Gasteiger partial charge in [-0.1, -0.05) is 0 Å². The molecular formula is C20H28N4O4. The molecule has 2 amide bonds. The summed E-state index contributed by atoms with van der Waals surface area (Å²) in [6, 6.07) is 3.43. The lowest BCUT2D eigenvalue weighted by Gasteiger charge is -2.21. The summed E-state index contributed by atoms with van der Waals surface area (Å²) in [5, 5.41) is 5.27. The molecule has 0 bridgehead atoms. The van der Waals surface area contributed by atoms with Crippen LogP contribution in [0.25, 0.3) is 0 Å². The third kappa shape index (κ3) is 7.14. The molecule has 6 N–H and O–H groups in total. The number of aryl methyl sites for hydroxylation is 2. The van der Waals surface area contributed by atoms with E-state index in [9.17, 15) is 14.4 Å². The van der Waals surface area contributed by atoms with Crippen molar-refractivity contribution in [2.24, 2.45) is 11.5 Å². The lowest BCUT2D eigenvalue weighted by atomic mass is 10.1. The van der Waals surface area contributed by atoms with Gasteiger partial charge in [-0.3, -0.25) is 14.9 Å². The molecule has 0 saturated carbocycles. The van der Waals surface area contributed by atoms with E-state index in [0.717, 1.165) is 17.3 Å². The molecule has 0 aliphatic carbocycles. The summed E-state index contributed by atoms with van der Waals surface area (Å²) < 4.78 is 5.25. The molecule has 28 heavy (non-hydrogen) atoms. The van der Waals surface area contributed by atoms with E-state index in [1.165, 1.54) is 12.3 Å². The quantitative estimate of drug-likeness (QED) is 0.336. The topological polar surface area (TPSA) is 137 Å². The number of hydrogen-bond acceptors (Lipinski definition) is 6. The highest BCUT2D eigenvalue weighted by Crippen LogP contribution is 2.27. The van der Waals surface area contributed by atoms with Gasteiger partial charge in [0.2, 0.25) is 5.91 Å². The smallest absolute Gasteiger partial charge is 0.412 e. The highest BCUT2D eigenvalue weighted by Gasteiger charge is 2.19. The van der Waals surface area contributed by atoms with E-state index >= 15 is 0 Å². The Bertz CT molecular complexity index is 820. The van der Waals surface area contributed by atoms with Crippen molar-refractivity contribution in [1.29, 1.82) is 0 Å². The van der Waals surface area contributed by atoms with Gasteiger partial charge < -0.3 is 21.5 Å². The fraction of sp³-hybridized carbons (Fsp3) is 0.350. The van der Waals surface area contributed by atoms with Gasteiger partial charge in [0, 0.05) is 11.8 Å². The van der Waals surface area contributed by atoms with E-state index < -0.39 is 29.8 Å². The van der Waals surface area contributed by atoms with Crippen LogP contribution in [0.3, 0.4) is 0 Å². The number of ketones is 1. The molecule has 1 aromatic rings. The number of hydrogen-bond donors (Lipinski definition) is 4. The molecule has 152 valence electrons. The van der Waals surface area contributed by atoms with Crippen LogP contribution in [0.4, 0.5) is 16.2 Å². The third-order valence-corrected chi connectivity index (χ3v) is 3.64. The van der Waals surface area contributed by atoms with Gasteiger partial charge in [0.15, 0.2) is 5.78 Å². The van der Waals surface area contributed by atoms with Gasteiger partial charge in [-0.25, -0.2) is 4.79 Å². The van der Waals surface area contributed by atoms with E-state index in [1.54, 1.807) is 32.9 Å². The fourth-order valence-corrected chi connectivity index (χ4v) is 2.22. The second-order valence-electron chi connectivity index (χ2n) is 7.24. The summed E-state index contributed by atoms with van der Waals surface area (Å²) in [7, 11) is 0. The highest BCUT2D eigenvalue weighted by molar-refractivity contribution is 6.12. The van der Waals surface area contributed by atoms with E-state index in [1.807, 2.05) is 13.8 Å². The van der Waals surface area contributed by atoms with Crippen molar-refractivity contribution in [2.45, 2.75) is 46.6 Å². The predicted octanol–water partition coefficient (Wildman–Crippen LogP) is 2.86. The zero-order chi connectivity index (χ0) is 21.5. The number of amides is 2. The van der Waals surface area contributed by atoms with Crippen molar-refractivity contribution >= 4 is 29.2 Å². The monoisotopic (exact) mass is 388 g/mol. The van der Waals surface area contributed by atoms with Crippen molar-refractivity contribution in [3.8, 4) is 0 Å². The number of carbonyl (C=O) groups excluding carboxylic acids is 3. The summed E-state index contributed by atoms with van der Waals surface area (Å²) in [4.78, 5) is 36.5. The number of Topliss-reactive ketones (excluding diaryl/α,β-unsaturated/α-hetero) is 1. The summed E-state index contributed by atoms with van der Waals surface area (Å²) in [6.45, 7) is 9.00. The molecule has 8 nitrogen and oxygen atoms in total. The Morgan fingerprint density at radius 1 is 1.04 bits per heavy atom. The molecule has 1 rings (SSSR count). The van der Waals surface area contributed by atoms with Crippen molar-refractivity contribution in [3.05, 3.63) is 47.3 Å². The van der Waals surface area contributed by atoms with Crippen LogP contribution in [0.5, 0.6) is 0 Å². The predicted molar refractivity (Wildman–Crippen MR) is 110 cm³/mol. The van der Waals surface area contributed by atoms with E-state index in [4.69, 9.17) is 16.2 Å². The van der Waals surface area contributed by atoms with Crippen LogP contribution in [0, 0.1) is 13.8 Å². The van der Waals surface area contributed by atoms with Gasteiger partial charge in [-0.05, 0) is 70.2 Å². The SMILES string of the molecule is Cc1cc(NC(=O)CC(=O)C(/C=C\N)=C/N)c(NC(=O)OC(C)(C)C)cc1C. The van der Waals surface area contributed by atoms with Crippen molar-refractivity contribution in [2.75, 3.05) is 10.6 Å². The number of carbonyl (C=O) groups is 3. The molecule has 0 spiro atoms. The molecule has 0 aromatic heterocycles. The molecule has 8 heteroatoms. The van der Waals surface area contributed by atoms with Crippen molar-refractivity contribution in [3.63, 3.8) is 0 Å². The fourth-order valence-electron chi connectivity index (χ4n) is 2.22. The van der Waals surface area contributed by atoms with Crippen LogP contribution >= 0.6 is 0 Å². The molecule has 1 aromatic carbocycles. The average molecular weight is 388 g/mol. The van der Waals surface area contributed by atoms with Gasteiger partial charge in [0.05, 0.1) is 17.8 Å². The van der Waals surface area contributed by atoms with Gasteiger partial charge in [0.25, 0.3) is 0 Å². The molecular weight excluding hydrogens is 360 g/mol. The minimum Gasteiger partial charge on any atom is -0.444 e. The molecule has 0 saturated heterocycles. The second kappa shape index (κ2) is 9.59. The van der Waals surface area contributed by atoms with Crippen LogP contribution in [0.2, 0.25) is 0 Å². The Balaban J connectivity index is 3.00. The summed E-state index contributed by atoms with van der Waals surface area (Å²) in [6.07, 6.45) is 2.50. The summed E-state index contributed by atoms with van der Waals surface area (Å²) in [5.41, 5.74) is 12.6. The summed E-state index contributed by atoms with van der Waals surface area (Å²) in [5.74, 6) is -1.03. The summed E-state index contributed by atoms with van der Waals surface area (Å²) >= 11 is 0. The molecule has 0 heterocycles. The highest BCUT2D eigenvalue weighted by atomic mass is 16.6. The normalized spacial score (nSPS) is 12.0. The molecule has 0 fully saturated rings. The Morgan fingerprint density at radius 2 is 1.57 bits per heavy atom. The number of rotatable bonds is 6. The molecule has 0 atom stereocenters. The van der Waals surface area contributed by atoms with Gasteiger partial charge in [-0.2, -0.15) is 0 Å². The van der Waals surface area contributed by atoms with Crippen LogP contribution in [-0.2, 0) is 14.3 Å². The Labute approximate surface area is 165 Å². The van der Waals surface area contributed by atoms with Crippen molar-refractivity contribution in [1.82, 2.24) is 0 Å².